The lowest BCUT2D eigenvalue weighted by atomic mass is 10.0. The fourth-order valence-electron chi connectivity index (χ4n) is 3.89. The highest BCUT2D eigenvalue weighted by Crippen LogP contribution is 2.44. The van der Waals surface area contributed by atoms with Crippen LogP contribution in [0.2, 0.25) is 37.8 Å². The lowest BCUT2D eigenvalue weighted by Gasteiger charge is -2.49. The standard InChI is InChI=1S/C15H35FO2Si3/c1-7-13-19(3,4)18-21(6,20(5,14-16)17-2)15-11-9-8-10-12-15/h15H,7-14H2,1-6H3. The van der Waals surface area contributed by atoms with Gasteiger partial charge in [0.05, 0.1) is 0 Å². The van der Waals surface area contributed by atoms with Crippen molar-refractivity contribution in [3.8, 4) is 0 Å². The van der Waals surface area contributed by atoms with Crippen LogP contribution in [0.5, 0.6) is 0 Å². The van der Waals surface area contributed by atoms with Crippen molar-refractivity contribution in [2.24, 2.45) is 0 Å². The van der Waals surface area contributed by atoms with Crippen LogP contribution in [-0.4, -0.2) is 37.4 Å². The minimum Gasteiger partial charge on any atom is -0.455 e. The number of hydrogen-bond acceptors (Lipinski definition) is 2. The van der Waals surface area contributed by atoms with E-state index in [-0.39, 0.29) is 6.30 Å². The third-order valence-corrected chi connectivity index (χ3v) is 26.2. The van der Waals surface area contributed by atoms with Gasteiger partial charge in [-0.25, -0.2) is 0 Å². The van der Waals surface area contributed by atoms with Gasteiger partial charge >= 0.3 is 0 Å². The zero-order chi connectivity index (χ0) is 16.1. The summed E-state index contributed by atoms with van der Waals surface area (Å²) in [6, 6.07) is 1.17. The summed E-state index contributed by atoms with van der Waals surface area (Å²) in [4.78, 5) is 0. The van der Waals surface area contributed by atoms with E-state index in [9.17, 15) is 4.39 Å². The van der Waals surface area contributed by atoms with E-state index in [1.807, 2.05) is 0 Å². The molecule has 21 heavy (non-hydrogen) atoms. The molecular weight excluding hydrogens is 315 g/mol. The molecule has 2 atom stereocenters. The molecule has 2 nitrogen and oxygen atoms in total. The van der Waals surface area contributed by atoms with Crippen molar-refractivity contribution in [1.82, 2.24) is 0 Å². The second-order valence-electron chi connectivity index (χ2n) is 7.62. The first-order valence-corrected chi connectivity index (χ1v) is 17.8. The van der Waals surface area contributed by atoms with E-state index in [1.165, 1.54) is 38.1 Å². The van der Waals surface area contributed by atoms with E-state index in [0.717, 1.165) is 6.42 Å². The molecule has 0 amide bonds. The van der Waals surface area contributed by atoms with Gasteiger partial charge in [-0.2, -0.15) is 0 Å². The lowest BCUT2D eigenvalue weighted by molar-refractivity contribution is 0.367. The first kappa shape index (κ1) is 19.5. The Labute approximate surface area is 134 Å². The Morgan fingerprint density at radius 2 is 1.62 bits per heavy atom. The largest absolute Gasteiger partial charge is 0.455 e. The summed E-state index contributed by atoms with van der Waals surface area (Å²) in [7, 11) is -4.56. The molecule has 1 fully saturated rings. The fraction of sp³-hybridized carbons (Fsp3) is 1.00. The molecule has 0 aromatic carbocycles. The molecule has 1 saturated carbocycles. The van der Waals surface area contributed by atoms with Gasteiger partial charge in [0.1, 0.15) is 6.30 Å². The van der Waals surface area contributed by atoms with Crippen molar-refractivity contribution in [3.63, 3.8) is 0 Å². The highest BCUT2D eigenvalue weighted by atomic mass is 29.3. The van der Waals surface area contributed by atoms with Crippen LogP contribution in [0.4, 0.5) is 4.39 Å². The van der Waals surface area contributed by atoms with Crippen LogP contribution in [0.25, 0.3) is 0 Å². The average molecular weight is 351 g/mol. The molecule has 0 aromatic heterocycles. The van der Waals surface area contributed by atoms with Crippen LogP contribution in [0.3, 0.4) is 0 Å². The van der Waals surface area contributed by atoms with Crippen molar-refractivity contribution in [2.75, 3.05) is 13.4 Å². The molecule has 0 radical (unpaired) electrons. The van der Waals surface area contributed by atoms with E-state index in [0.29, 0.717) is 5.54 Å². The second-order valence-corrected chi connectivity index (χ2v) is 24.8. The smallest absolute Gasteiger partial charge is 0.236 e. The SMILES string of the molecule is CCC[Si](C)(C)O[Si](C)(C1CCCCC1)[Si](C)(CF)OC. The van der Waals surface area contributed by atoms with Gasteiger partial charge in [0.15, 0.2) is 8.32 Å². The Hall–Kier alpha value is 0.501. The molecule has 1 rings (SSSR count). The summed E-state index contributed by atoms with van der Waals surface area (Å²) in [6.07, 6.45) is 7.22. The molecular formula is C15H35FO2Si3. The molecule has 0 heterocycles. The summed E-state index contributed by atoms with van der Waals surface area (Å²) in [6.45, 7) is 11.2. The van der Waals surface area contributed by atoms with E-state index in [2.05, 4.69) is 33.1 Å². The van der Waals surface area contributed by atoms with Crippen molar-refractivity contribution in [2.45, 2.75) is 83.2 Å². The maximum atomic E-state index is 14.0. The molecule has 1 aliphatic rings. The van der Waals surface area contributed by atoms with E-state index < -0.39 is 24.0 Å². The first-order valence-electron chi connectivity index (χ1n) is 8.56. The number of alkyl halides is 1. The van der Waals surface area contributed by atoms with E-state index in [1.54, 1.807) is 7.11 Å². The quantitative estimate of drug-likeness (QED) is 0.550. The summed E-state index contributed by atoms with van der Waals surface area (Å²) >= 11 is 0. The molecule has 126 valence electrons. The van der Waals surface area contributed by atoms with Crippen LogP contribution in [0, 0.1) is 0 Å². The highest BCUT2D eigenvalue weighted by molar-refractivity contribution is 7.38. The normalized spacial score (nSPS) is 23.6. The maximum Gasteiger partial charge on any atom is 0.236 e. The predicted octanol–water partition coefficient (Wildman–Crippen LogP) is 5.34. The summed E-state index contributed by atoms with van der Waals surface area (Å²) < 4.78 is 26.7. The van der Waals surface area contributed by atoms with Crippen LogP contribution in [0.1, 0.15) is 45.4 Å². The topological polar surface area (TPSA) is 18.5 Å². The van der Waals surface area contributed by atoms with Gasteiger partial charge in [0.2, 0.25) is 15.7 Å². The maximum absolute atomic E-state index is 14.0. The zero-order valence-corrected chi connectivity index (χ0v) is 17.9. The summed E-state index contributed by atoms with van der Waals surface area (Å²) in [5.41, 5.74) is 0.599. The minimum absolute atomic E-state index is 0.292. The zero-order valence-electron chi connectivity index (χ0n) is 14.9. The van der Waals surface area contributed by atoms with Crippen LogP contribution >= 0.6 is 0 Å². The number of halogens is 1. The van der Waals surface area contributed by atoms with Gasteiger partial charge in [0, 0.05) is 7.11 Å². The molecule has 6 heteroatoms. The number of rotatable bonds is 8. The van der Waals surface area contributed by atoms with Crippen LogP contribution < -0.4 is 0 Å². The third-order valence-electron chi connectivity index (χ3n) is 5.48. The van der Waals surface area contributed by atoms with Gasteiger partial charge in [-0.05, 0) is 37.8 Å². The molecule has 0 N–H and O–H groups in total. The van der Waals surface area contributed by atoms with Crippen molar-refractivity contribution in [3.05, 3.63) is 0 Å². The van der Waals surface area contributed by atoms with Crippen molar-refractivity contribution >= 4 is 24.0 Å². The van der Waals surface area contributed by atoms with Gasteiger partial charge in [0.25, 0.3) is 0 Å². The average Bonchev–Trinajstić information content (AvgIpc) is 2.46. The molecule has 0 spiro atoms. The molecule has 0 bridgehead atoms. The molecule has 0 aliphatic heterocycles. The lowest BCUT2D eigenvalue weighted by Crippen LogP contribution is -2.70. The first-order chi connectivity index (χ1) is 9.74. The van der Waals surface area contributed by atoms with Crippen LogP contribution in [0.15, 0.2) is 0 Å². The fourth-order valence-corrected chi connectivity index (χ4v) is 24.7. The second kappa shape index (κ2) is 7.86. The minimum atomic E-state index is -2.39. The van der Waals surface area contributed by atoms with Crippen molar-refractivity contribution in [1.29, 1.82) is 0 Å². The molecule has 0 aromatic rings. The Balaban J connectivity index is 3.08. The van der Waals surface area contributed by atoms with E-state index >= 15 is 0 Å². The van der Waals surface area contributed by atoms with Gasteiger partial charge < -0.3 is 8.54 Å². The van der Waals surface area contributed by atoms with Gasteiger partial charge in [-0.1, -0.05) is 45.4 Å². The predicted molar refractivity (Wildman–Crippen MR) is 96.7 cm³/mol. The monoisotopic (exact) mass is 350 g/mol. The van der Waals surface area contributed by atoms with Gasteiger partial charge in [-0.15, -0.1) is 0 Å². The summed E-state index contributed by atoms with van der Waals surface area (Å²) in [5, 5.41) is 0. The Bertz CT molecular complexity index is 318. The third kappa shape index (κ3) is 4.50. The Morgan fingerprint density at radius 3 is 2.05 bits per heavy atom. The highest BCUT2D eigenvalue weighted by Gasteiger charge is 2.58. The van der Waals surface area contributed by atoms with E-state index in [4.69, 9.17) is 8.54 Å². The Kier molecular flexibility index (Phi) is 7.31. The number of hydrogen-bond donors (Lipinski definition) is 0. The summed E-state index contributed by atoms with van der Waals surface area (Å²) in [5.74, 6) is 0. The molecule has 0 saturated heterocycles. The van der Waals surface area contributed by atoms with Crippen LogP contribution in [-0.2, 0) is 8.54 Å². The molecule has 2 unspecified atom stereocenters. The Morgan fingerprint density at radius 1 is 1.05 bits per heavy atom. The molecule has 1 aliphatic carbocycles. The van der Waals surface area contributed by atoms with Crippen molar-refractivity contribution < 1.29 is 12.9 Å². The van der Waals surface area contributed by atoms with Gasteiger partial charge in [-0.3, -0.25) is 4.39 Å².